The van der Waals surface area contributed by atoms with Gasteiger partial charge in [0.25, 0.3) is 15.9 Å². The Hall–Kier alpha value is -3.59. The van der Waals surface area contributed by atoms with Crippen LogP contribution in [0.3, 0.4) is 0 Å². The highest BCUT2D eigenvalue weighted by Gasteiger charge is 2.28. The molecule has 1 N–H and O–H groups in total. The molecule has 0 fully saturated rings. The average Bonchev–Trinajstić information content (AvgIpc) is 3.16. The van der Waals surface area contributed by atoms with E-state index in [1.54, 1.807) is 36.4 Å². The molecule has 1 aromatic heterocycles. The number of anilines is 1. The third-order valence-electron chi connectivity index (χ3n) is 5.97. The second-order valence-electron chi connectivity index (χ2n) is 8.68. The van der Waals surface area contributed by atoms with E-state index >= 15 is 0 Å². The molecule has 38 heavy (non-hydrogen) atoms. The number of sulfonamides is 1. The van der Waals surface area contributed by atoms with Crippen molar-refractivity contribution in [3.05, 3.63) is 111 Å². The summed E-state index contributed by atoms with van der Waals surface area (Å²) in [7, 11) is -4.09. The van der Waals surface area contributed by atoms with Gasteiger partial charge in [0.05, 0.1) is 32.5 Å². The van der Waals surface area contributed by atoms with Gasteiger partial charge in [-0.2, -0.15) is 5.10 Å². The molecular weight excluding hydrogens is 543 g/mol. The van der Waals surface area contributed by atoms with E-state index in [1.807, 2.05) is 55.7 Å². The highest BCUT2D eigenvalue weighted by molar-refractivity contribution is 7.92. The van der Waals surface area contributed by atoms with E-state index in [-0.39, 0.29) is 15.6 Å². The minimum absolute atomic E-state index is 0.0475. The van der Waals surface area contributed by atoms with E-state index < -0.39 is 22.5 Å². The molecule has 4 aromatic rings. The van der Waals surface area contributed by atoms with Crippen LogP contribution in [0.15, 0.2) is 88.9 Å². The number of amides is 1. The number of hydrogen-bond donors (Lipinski definition) is 1. The summed E-state index contributed by atoms with van der Waals surface area (Å²) < 4.78 is 30.0. The second-order valence-corrected chi connectivity index (χ2v) is 11.4. The lowest BCUT2D eigenvalue weighted by Crippen LogP contribution is -2.39. The number of carbonyl (C=O) groups is 1. The molecule has 0 saturated heterocycles. The van der Waals surface area contributed by atoms with Crippen LogP contribution < -0.4 is 9.73 Å². The van der Waals surface area contributed by atoms with Gasteiger partial charge in [0.2, 0.25) is 0 Å². The zero-order valence-corrected chi connectivity index (χ0v) is 23.3. The molecule has 0 spiro atoms. The Morgan fingerprint density at radius 3 is 2.24 bits per heavy atom. The number of nitrogens with one attached hydrogen (secondary N) is 1. The quantitative estimate of drug-likeness (QED) is 0.207. The molecule has 0 saturated carbocycles. The molecular formula is C28H26Cl2N4O3S. The van der Waals surface area contributed by atoms with E-state index in [4.69, 9.17) is 23.2 Å². The van der Waals surface area contributed by atoms with Gasteiger partial charge in [-0.25, -0.2) is 13.8 Å². The van der Waals surface area contributed by atoms with Gasteiger partial charge in [0.15, 0.2) is 0 Å². The first-order chi connectivity index (χ1) is 18.1. The van der Waals surface area contributed by atoms with Gasteiger partial charge in [-0.05, 0) is 63.2 Å². The molecule has 0 aliphatic rings. The van der Waals surface area contributed by atoms with Crippen molar-refractivity contribution in [2.75, 3.05) is 10.8 Å². The molecule has 196 valence electrons. The highest BCUT2D eigenvalue weighted by atomic mass is 35.5. The summed E-state index contributed by atoms with van der Waals surface area (Å²) in [5.74, 6) is -0.628. The molecule has 10 heteroatoms. The number of benzene rings is 3. The van der Waals surface area contributed by atoms with Crippen molar-refractivity contribution >= 4 is 51.0 Å². The summed E-state index contributed by atoms with van der Waals surface area (Å²) in [6, 6.07) is 22.3. The van der Waals surface area contributed by atoms with Gasteiger partial charge in [0, 0.05) is 17.0 Å². The third-order valence-corrected chi connectivity index (χ3v) is 8.39. The van der Waals surface area contributed by atoms with E-state index in [2.05, 4.69) is 10.5 Å². The minimum atomic E-state index is -4.09. The van der Waals surface area contributed by atoms with Crippen LogP contribution in [-0.4, -0.2) is 31.7 Å². The second kappa shape index (κ2) is 11.4. The standard InChI is InChI=1S/C28H26Cl2N4O3S/c1-19-12-14-23(15-13-19)38(36,37)33(26-10-6-4-8-24(26)29)18-28(35)32-31-17-22-16-20(2)34(21(22)3)27-11-7-5-9-25(27)30/h4-17H,18H2,1-3H3,(H,32,35)/b31-17-. The van der Waals surface area contributed by atoms with E-state index in [0.717, 1.165) is 32.5 Å². The van der Waals surface area contributed by atoms with Crippen molar-refractivity contribution in [2.24, 2.45) is 5.10 Å². The predicted octanol–water partition coefficient (Wildman–Crippen LogP) is 6.05. The summed E-state index contributed by atoms with van der Waals surface area (Å²) >= 11 is 12.7. The Balaban J connectivity index is 1.57. The Bertz CT molecular complexity index is 1610. The lowest BCUT2D eigenvalue weighted by Gasteiger charge is -2.24. The monoisotopic (exact) mass is 568 g/mol. The van der Waals surface area contributed by atoms with Crippen LogP contribution in [0.1, 0.15) is 22.5 Å². The summed E-state index contributed by atoms with van der Waals surface area (Å²) in [5.41, 5.74) is 6.98. The number of aromatic nitrogens is 1. The molecule has 0 unspecified atom stereocenters. The Kier molecular flexibility index (Phi) is 8.26. The number of nitrogens with zero attached hydrogens (tertiary/aromatic N) is 3. The average molecular weight is 570 g/mol. The maximum absolute atomic E-state index is 13.5. The number of hydrazone groups is 1. The zero-order chi connectivity index (χ0) is 27.4. The first-order valence-corrected chi connectivity index (χ1v) is 13.9. The lowest BCUT2D eigenvalue weighted by molar-refractivity contribution is -0.119. The number of para-hydroxylation sites is 2. The number of hydrogen-bond acceptors (Lipinski definition) is 4. The van der Waals surface area contributed by atoms with Crippen LogP contribution in [0, 0.1) is 20.8 Å². The smallest absolute Gasteiger partial charge is 0.264 e. The summed E-state index contributed by atoms with van der Waals surface area (Å²) in [4.78, 5) is 12.9. The maximum atomic E-state index is 13.5. The molecule has 0 aliphatic carbocycles. The number of aryl methyl sites for hydroxylation is 2. The molecule has 0 atom stereocenters. The largest absolute Gasteiger partial charge is 0.316 e. The van der Waals surface area contributed by atoms with Crippen molar-refractivity contribution < 1.29 is 13.2 Å². The normalized spacial score (nSPS) is 11.6. The fourth-order valence-electron chi connectivity index (χ4n) is 4.05. The van der Waals surface area contributed by atoms with Crippen LogP contribution in [0.5, 0.6) is 0 Å². The van der Waals surface area contributed by atoms with Gasteiger partial charge in [-0.15, -0.1) is 0 Å². The summed E-state index contributed by atoms with van der Waals surface area (Å²) in [6.07, 6.45) is 1.52. The zero-order valence-electron chi connectivity index (χ0n) is 21.0. The van der Waals surface area contributed by atoms with Crippen LogP contribution in [0.2, 0.25) is 10.0 Å². The maximum Gasteiger partial charge on any atom is 0.264 e. The van der Waals surface area contributed by atoms with Gasteiger partial charge >= 0.3 is 0 Å². The van der Waals surface area contributed by atoms with Crippen molar-refractivity contribution in [3.63, 3.8) is 0 Å². The van der Waals surface area contributed by atoms with E-state index in [1.165, 1.54) is 18.3 Å². The number of carbonyl (C=O) groups excluding carboxylic acids is 1. The number of halogens is 2. The van der Waals surface area contributed by atoms with Crippen LogP contribution >= 0.6 is 23.2 Å². The van der Waals surface area contributed by atoms with Gasteiger partial charge in [-0.3, -0.25) is 9.10 Å². The first kappa shape index (κ1) is 27.4. The topological polar surface area (TPSA) is 83.8 Å². The number of rotatable bonds is 8. The molecule has 0 radical (unpaired) electrons. The lowest BCUT2D eigenvalue weighted by atomic mass is 10.2. The summed E-state index contributed by atoms with van der Waals surface area (Å²) in [5, 5.41) is 4.90. The molecule has 0 bridgehead atoms. The van der Waals surface area contributed by atoms with E-state index in [9.17, 15) is 13.2 Å². The molecule has 0 aliphatic heterocycles. The Labute approximate surface area is 232 Å². The third kappa shape index (κ3) is 5.78. The predicted molar refractivity (Wildman–Crippen MR) is 153 cm³/mol. The van der Waals surface area contributed by atoms with Gasteiger partial charge in [-0.1, -0.05) is 65.2 Å². The van der Waals surface area contributed by atoms with Crippen molar-refractivity contribution in [1.82, 2.24) is 9.99 Å². The molecule has 1 heterocycles. The fraction of sp³-hybridized carbons (Fsp3) is 0.143. The van der Waals surface area contributed by atoms with Gasteiger partial charge in [0.1, 0.15) is 6.54 Å². The van der Waals surface area contributed by atoms with Crippen LogP contribution in [0.4, 0.5) is 5.69 Å². The van der Waals surface area contributed by atoms with Crippen LogP contribution in [0.25, 0.3) is 5.69 Å². The van der Waals surface area contributed by atoms with Crippen molar-refractivity contribution in [3.8, 4) is 5.69 Å². The van der Waals surface area contributed by atoms with Crippen LogP contribution in [-0.2, 0) is 14.8 Å². The van der Waals surface area contributed by atoms with Crippen molar-refractivity contribution in [1.29, 1.82) is 0 Å². The highest BCUT2D eigenvalue weighted by Crippen LogP contribution is 2.30. The SMILES string of the molecule is Cc1ccc(S(=O)(=O)N(CC(=O)N/N=C\c2cc(C)n(-c3ccccc3Cl)c2C)c2ccccc2Cl)cc1. The summed E-state index contributed by atoms with van der Waals surface area (Å²) in [6.45, 7) is 5.21. The van der Waals surface area contributed by atoms with E-state index in [0.29, 0.717) is 5.02 Å². The fourth-order valence-corrected chi connectivity index (χ4v) is 6.00. The molecule has 3 aromatic carbocycles. The molecule has 1 amide bonds. The first-order valence-electron chi connectivity index (χ1n) is 11.7. The molecule has 7 nitrogen and oxygen atoms in total. The molecule has 4 rings (SSSR count). The Morgan fingerprint density at radius 2 is 1.58 bits per heavy atom. The van der Waals surface area contributed by atoms with Gasteiger partial charge < -0.3 is 4.57 Å². The minimum Gasteiger partial charge on any atom is -0.316 e. The van der Waals surface area contributed by atoms with Crippen molar-refractivity contribution in [2.45, 2.75) is 25.7 Å². The Morgan fingerprint density at radius 1 is 0.947 bits per heavy atom.